The summed E-state index contributed by atoms with van der Waals surface area (Å²) >= 11 is 1.69. The molecule has 0 aliphatic carbocycles. The summed E-state index contributed by atoms with van der Waals surface area (Å²) in [4.78, 5) is 21.7. The van der Waals surface area contributed by atoms with E-state index in [0.29, 0.717) is 6.42 Å². The molecule has 29 heavy (non-hydrogen) atoms. The highest BCUT2D eigenvalue weighted by atomic mass is 32.1. The summed E-state index contributed by atoms with van der Waals surface area (Å²) in [6.45, 7) is 4.15. The lowest BCUT2D eigenvalue weighted by Crippen LogP contribution is -2.48. The number of hydrogen-bond acceptors (Lipinski definition) is 5. The van der Waals surface area contributed by atoms with Crippen molar-refractivity contribution in [2.75, 3.05) is 33.3 Å². The van der Waals surface area contributed by atoms with Crippen molar-refractivity contribution in [2.24, 2.45) is 0 Å². The van der Waals surface area contributed by atoms with Crippen molar-refractivity contribution in [3.8, 4) is 17.0 Å². The molecule has 1 amide bonds. The van der Waals surface area contributed by atoms with Gasteiger partial charge in [-0.25, -0.2) is 4.98 Å². The van der Waals surface area contributed by atoms with Crippen LogP contribution in [0, 0.1) is 0 Å². The van der Waals surface area contributed by atoms with Gasteiger partial charge in [-0.3, -0.25) is 9.69 Å². The van der Waals surface area contributed by atoms with E-state index in [1.165, 1.54) is 0 Å². The highest BCUT2D eigenvalue weighted by Gasteiger charge is 2.22. The van der Waals surface area contributed by atoms with Gasteiger partial charge in [0.1, 0.15) is 10.8 Å². The standard InChI is InChI=1S/C23H25N3O2S/c1-28-20-9-5-8-19(15-20)21-17-29-22(24-21)16-25-10-12-26(13-11-25)23(27)14-18-6-3-2-4-7-18/h2-9,15,17H,10-14,16H2,1H3. The van der Waals surface area contributed by atoms with Crippen molar-refractivity contribution >= 4 is 17.2 Å². The second-order valence-corrected chi connectivity index (χ2v) is 8.12. The Morgan fingerprint density at radius 3 is 2.62 bits per heavy atom. The van der Waals surface area contributed by atoms with Crippen LogP contribution in [0.1, 0.15) is 10.6 Å². The minimum Gasteiger partial charge on any atom is -0.497 e. The number of thiazole rings is 1. The molecule has 1 saturated heterocycles. The Kier molecular flexibility index (Phi) is 6.22. The number of rotatable bonds is 6. The maximum Gasteiger partial charge on any atom is 0.227 e. The summed E-state index contributed by atoms with van der Waals surface area (Å²) in [5.74, 6) is 1.05. The van der Waals surface area contributed by atoms with E-state index in [4.69, 9.17) is 9.72 Å². The van der Waals surface area contributed by atoms with E-state index in [1.807, 2.05) is 53.4 Å². The Morgan fingerprint density at radius 2 is 1.86 bits per heavy atom. The first-order valence-corrected chi connectivity index (χ1v) is 10.7. The number of amides is 1. The second-order valence-electron chi connectivity index (χ2n) is 7.18. The molecule has 0 spiro atoms. The highest BCUT2D eigenvalue weighted by molar-refractivity contribution is 7.09. The van der Waals surface area contributed by atoms with Crippen LogP contribution >= 0.6 is 11.3 Å². The van der Waals surface area contributed by atoms with Crippen molar-refractivity contribution in [3.63, 3.8) is 0 Å². The van der Waals surface area contributed by atoms with Gasteiger partial charge in [-0.2, -0.15) is 0 Å². The molecule has 2 heterocycles. The first-order chi connectivity index (χ1) is 14.2. The van der Waals surface area contributed by atoms with E-state index in [9.17, 15) is 4.79 Å². The molecule has 1 aliphatic heterocycles. The number of carbonyl (C=O) groups is 1. The molecule has 6 heteroatoms. The van der Waals surface area contributed by atoms with Crippen LogP contribution in [-0.4, -0.2) is 54.0 Å². The Bertz CT molecular complexity index is 950. The topological polar surface area (TPSA) is 45.7 Å². The maximum atomic E-state index is 12.5. The van der Waals surface area contributed by atoms with Gasteiger partial charge in [-0.1, -0.05) is 42.5 Å². The molecule has 0 bridgehead atoms. The molecule has 4 rings (SSSR count). The first kappa shape index (κ1) is 19.6. The van der Waals surface area contributed by atoms with Gasteiger partial charge in [0.2, 0.25) is 5.91 Å². The minimum atomic E-state index is 0.213. The Labute approximate surface area is 175 Å². The fourth-order valence-corrected chi connectivity index (χ4v) is 4.37. The third kappa shape index (κ3) is 5.02. The third-order valence-corrected chi connectivity index (χ3v) is 6.03. The van der Waals surface area contributed by atoms with Crippen LogP contribution in [0.25, 0.3) is 11.3 Å². The zero-order chi connectivity index (χ0) is 20.1. The molecule has 0 saturated carbocycles. The fraction of sp³-hybridized carbons (Fsp3) is 0.304. The number of ether oxygens (including phenoxy) is 1. The van der Waals surface area contributed by atoms with Crippen molar-refractivity contribution in [1.29, 1.82) is 0 Å². The number of piperazine rings is 1. The molecule has 0 radical (unpaired) electrons. The molecule has 150 valence electrons. The van der Waals surface area contributed by atoms with Crippen molar-refractivity contribution < 1.29 is 9.53 Å². The lowest BCUT2D eigenvalue weighted by atomic mass is 10.1. The number of aromatic nitrogens is 1. The van der Waals surface area contributed by atoms with Crippen LogP contribution < -0.4 is 4.74 Å². The number of carbonyl (C=O) groups excluding carboxylic acids is 1. The van der Waals surface area contributed by atoms with E-state index in [-0.39, 0.29) is 5.91 Å². The number of benzene rings is 2. The Balaban J connectivity index is 1.30. The number of hydrogen-bond donors (Lipinski definition) is 0. The second kappa shape index (κ2) is 9.20. The van der Waals surface area contributed by atoms with E-state index in [1.54, 1.807) is 18.4 Å². The van der Waals surface area contributed by atoms with Gasteiger partial charge < -0.3 is 9.64 Å². The zero-order valence-corrected chi connectivity index (χ0v) is 17.4. The highest BCUT2D eigenvalue weighted by Crippen LogP contribution is 2.26. The molecule has 1 fully saturated rings. The average molecular weight is 408 g/mol. The molecule has 3 aromatic rings. The smallest absolute Gasteiger partial charge is 0.227 e. The van der Waals surface area contributed by atoms with Gasteiger partial charge in [0, 0.05) is 37.1 Å². The minimum absolute atomic E-state index is 0.213. The summed E-state index contributed by atoms with van der Waals surface area (Å²) in [5.41, 5.74) is 3.14. The fourth-order valence-electron chi connectivity index (χ4n) is 3.53. The van der Waals surface area contributed by atoms with Crippen molar-refractivity contribution in [1.82, 2.24) is 14.8 Å². The van der Waals surface area contributed by atoms with E-state index >= 15 is 0 Å². The summed E-state index contributed by atoms with van der Waals surface area (Å²) in [7, 11) is 1.68. The normalized spacial score (nSPS) is 14.7. The first-order valence-electron chi connectivity index (χ1n) is 9.84. The van der Waals surface area contributed by atoms with Crippen molar-refractivity contribution in [3.05, 3.63) is 70.5 Å². The van der Waals surface area contributed by atoms with Gasteiger partial charge in [0.25, 0.3) is 0 Å². The van der Waals surface area contributed by atoms with Gasteiger partial charge in [0.05, 0.1) is 25.8 Å². The molecular formula is C23H25N3O2S. The summed E-state index contributed by atoms with van der Waals surface area (Å²) in [6, 6.07) is 17.9. The average Bonchev–Trinajstić information content (AvgIpc) is 3.23. The number of nitrogens with zero attached hydrogens (tertiary/aromatic N) is 3. The lowest BCUT2D eigenvalue weighted by molar-refractivity contribution is -0.132. The van der Waals surface area contributed by atoms with Crippen LogP contribution in [0.5, 0.6) is 5.75 Å². The molecule has 1 aliphatic rings. The van der Waals surface area contributed by atoms with Gasteiger partial charge in [-0.05, 0) is 17.7 Å². The number of methoxy groups -OCH3 is 1. The predicted octanol–water partition coefficient (Wildman–Crippen LogP) is 3.71. The van der Waals surface area contributed by atoms with E-state index in [0.717, 1.165) is 60.3 Å². The van der Waals surface area contributed by atoms with E-state index < -0.39 is 0 Å². The van der Waals surface area contributed by atoms with Crippen LogP contribution in [0.15, 0.2) is 60.0 Å². The summed E-state index contributed by atoms with van der Waals surface area (Å²) < 4.78 is 5.31. The van der Waals surface area contributed by atoms with E-state index in [2.05, 4.69) is 16.3 Å². The van der Waals surface area contributed by atoms with Crippen LogP contribution in [0.2, 0.25) is 0 Å². The maximum absolute atomic E-state index is 12.5. The van der Waals surface area contributed by atoms with Gasteiger partial charge in [-0.15, -0.1) is 11.3 Å². The lowest BCUT2D eigenvalue weighted by Gasteiger charge is -2.34. The summed E-state index contributed by atoms with van der Waals surface area (Å²) in [6.07, 6.45) is 0.483. The molecule has 1 aromatic heterocycles. The Hall–Kier alpha value is -2.70. The monoisotopic (exact) mass is 407 g/mol. The molecule has 0 N–H and O–H groups in total. The zero-order valence-electron chi connectivity index (χ0n) is 16.6. The van der Waals surface area contributed by atoms with Crippen LogP contribution in [0.4, 0.5) is 0 Å². The van der Waals surface area contributed by atoms with Gasteiger partial charge >= 0.3 is 0 Å². The largest absolute Gasteiger partial charge is 0.497 e. The summed E-state index contributed by atoms with van der Waals surface area (Å²) in [5, 5.41) is 3.20. The molecule has 0 atom stereocenters. The SMILES string of the molecule is COc1cccc(-c2csc(CN3CCN(C(=O)Cc4ccccc4)CC3)n2)c1. The molecule has 2 aromatic carbocycles. The van der Waals surface area contributed by atoms with Crippen LogP contribution in [0.3, 0.4) is 0 Å². The molecular weight excluding hydrogens is 382 g/mol. The predicted molar refractivity (Wildman–Crippen MR) is 116 cm³/mol. The van der Waals surface area contributed by atoms with Crippen molar-refractivity contribution in [2.45, 2.75) is 13.0 Å². The molecule has 5 nitrogen and oxygen atoms in total. The quantitative estimate of drug-likeness (QED) is 0.625. The molecule has 0 unspecified atom stereocenters. The van der Waals surface area contributed by atoms with Gasteiger partial charge in [0.15, 0.2) is 0 Å². The Morgan fingerprint density at radius 1 is 1.07 bits per heavy atom. The third-order valence-electron chi connectivity index (χ3n) is 5.20. The van der Waals surface area contributed by atoms with Crippen LogP contribution in [-0.2, 0) is 17.8 Å².